The molecule has 2 unspecified atom stereocenters. The summed E-state index contributed by atoms with van der Waals surface area (Å²) >= 11 is 2.15. The van der Waals surface area contributed by atoms with Crippen LogP contribution in [0.3, 0.4) is 0 Å². The van der Waals surface area contributed by atoms with Crippen molar-refractivity contribution in [3.05, 3.63) is 27.8 Å². The molecule has 0 spiro atoms. The molecule has 0 saturated heterocycles. The van der Waals surface area contributed by atoms with Crippen LogP contribution in [0.4, 0.5) is 18.9 Å². The Balaban J connectivity index is 1.97. The van der Waals surface area contributed by atoms with Crippen LogP contribution in [0, 0.1) is 15.4 Å². The molecule has 1 saturated carbocycles. The molecule has 6 heteroatoms. The van der Waals surface area contributed by atoms with Crippen LogP contribution in [-0.4, -0.2) is 12.1 Å². The van der Waals surface area contributed by atoms with E-state index in [1.165, 1.54) is 0 Å². The smallest absolute Gasteiger partial charge is 0.326 e. The maximum absolute atomic E-state index is 12.7. The summed E-state index contributed by atoms with van der Waals surface area (Å²) in [5.74, 6) is -2.20. The third-order valence-electron chi connectivity index (χ3n) is 3.62. The zero-order valence-electron chi connectivity index (χ0n) is 10.7. The van der Waals surface area contributed by atoms with E-state index >= 15 is 0 Å². The molecule has 1 aromatic rings. The van der Waals surface area contributed by atoms with Crippen LogP contribution < -0.4 is 5.32 Å². The predicted octanol–water partition coefficient (Wildman–Crippen LogP) is 4.60. The maximum Gasteiger partial charge on any atom is 0.391 e. The van der Waals surface area contributed by atoms with Crippen molar-refractivity contribution in [3.8, 4) is 0 Å². The molecule has 1 aliphatic rings. The highest BCUT2D eigenvalue weighted by Gasteiger charge is 2.43. The molecule has 0 heterocycles. The van der Waals surface area contributed by atoms with E-state index in [4.69, 9.17) is 0 Å². The number of hydrogen-bond donors (Lipinski definition) is 1. The van der Waals surface area contributed by atoms with E-state index in [1.807, 2.05) is 12.1 Å². The van der Waals surface area contributed by atoms with Gasteiger partial charge in [0.25, 0.3) is 0 Å². The van der Waals surface area contributed by atoms with E-state index in [0.29, 0.717) is 18.5 Å². The van der Waals surface area contributed by atoms with Crippen molar-refractivity contribution in [1.29, 1.82) is 0 Å². The Morgan fingerprint density at radius 2 is 1.85 bits per heavy atom. The number of halogens is 4. The van der Waals surface area contributed by atoms with Crippen molar-refractivity contribution in [2.24, 2.45) is 11.8 Å². The lowest BCUT2D eigenvalue weighted by Gasteiger charge is -2.29. The standard InChI is InChI=1S/C14H15F3INO/c15-14(16,17)10-3-1-2-9(8-10)13(20)19-12-6-4-11(18)5-7-12/h4-7,9-10H,1-3,8H2,(H,19,20). The van der Waals surface area contributed by atoms with Crippen LogP contribution in [-0.2, 0) is 4.79 Å². The van der Waals surface area contributed by atoms with Crippen molar-refractivity contribution in [2.75, 3.05) is 5.32 Å². The second-order valence-electron chi connectivity index (χ2n) is 5.10. The van der Waals surface area contributed by atoms with Gasteiger partial charge in [-0.1, -0.05) is 6.42 Å². The van der Waals surface area contributed by atoms with Crippen LogP contribution in [0.2, 0.25) is 0 Å². The average molecular weight is 397 g/mol. The summed E-state index contributed by atoms with van der Waals surface area (Å²) in [5.41, 5.74) is 0.629. The third kappa shape index (κ3) is 4.10. The molecule has 1 N–H and O–H groups in total. The molecule has 110 valence electrons. The summed E-state index contributed by atoms with van der Waals surface area (Å²) < 4.78 is 39.2. The molecule has 1 aromatic carbocycles. The number of amides is 1. The second kappa shape index (κ2) is 6.32. The van der Waals surface area contributed by atoms with Crippen molar-refractivity contribution < 1.29 is 18.0 Å². The monoisotopic (exact) mass is 397 g/mol. The Hall–Kier alpha value is -0.790. The van der Waals surface area contributed by atoms with Gasteiger partial charge in [0.1, 0.15) is 0 Å². The van der Waals surface area contributed by atoms with Crippen LogP contribution in [0.25, 0.3) is 0 Å². The van der Waals surface area contributed by atoms with Gasteiger partial charge in [0.05, 0.1) is 5.92 Å². The van der Waals surface area contributed by atoms with Crippen molar-refractivity contribution in [2.45, 2.75) is 31.9 Å². The topological polar surface area (TPSA) is 29.1 Å². The molecule has 1 aliphatic carbocycles. The van der Waals surface area contributed by atoms with Gasteiger partial charge in [0.2, 0.25) is 5.91 Å². The number of alkyl halides is 3. The Morgan fingerprint density at radius 3 is 2.45 bits per heavy atom. The quantitative estimate of drug-likeness (QED) is 0.727. The van der Waals surface area contributed by atoms with Gasteiger partial charge < -0.3 is 5.32 Å². The first-order valence-electron chi connectivity index (χ1n) is 6.49. The number of benzene rings is 1. The summed E-state index contributed by atoms with van der Waals surface area (Å²) in [6, 6.07) is 7.19. The molecule has 1 fully saturated rings. The Bertz CT molecular complexity index is 472. The lowest BCUT2D eigenvalue weighted by atomic mass is 9.80. The van der Waals surface area contributed by atoms with E-state index in [-0.39, 0.29) is 18.7 Å². The van der Waals surface area contributed by atoms with Gasteiger partial charge in [0.15, 0.2) is 0 Å². The van der Waals surface area contributed by atoms with E-state index in [2.05, 4.69) is 27.9 Å². The van der Waals surface area contributed by atoms with Crippen LogP contribution in [0.5, 0.6) is 0 Å². The number of carbonyl (C=O) groups excluding carboxylic acids is 1. The van der Waals surface area contributed by atoms with Crippen molar-refractivity contribution in [1.82, 2.24) is 0 Å². The molecular weight excluding hydrogens is 382 g/mol. The zero-order valence-corrected chi connectivity index (χ0v) is 12.9. The number of hydrogen-bond acceptors (Lipinski definition) is 1. The maximum atomic E-state index is 12.7. The van der Waals surface area contributed by atoms with Gasteiger partial charge in [-0.05, 0) is 66.1 Å². The van der Waals surface area contributed by atoms with Crippen LogP contribution in [0.1, 0.15) is 25.7 Å². The normalized spacial score (nSPS) is 23.4. The number of anilines is 1. The molecule has 2 atom stereocenters. The second-order valence-corrected chi connectivity index (χ2v) is 6.34. The summed E-state index contributed by atoms with van der Waals surface area (Å²) in [6.07, 6.45) is -3.17. The van der Waals surface area contributed by atoms with E-state index in [9.17, 15) is 18.0 Å². The summed E-state index contributed by atoms with van der Waals surface area (Å²) in [5, 5.41) is 2.70. The van der Waals surface area contributed by atoms with Gasteiger partial charge in [-0.15, -0.1) is 0 Å². The Labute approximate surface area is 129 Å². The highest BCUT2D eigenvalue weighted by molar-refractivity contribution is 14.1. The molecule has 0 aliphatic heterocycles. The van der Waals surface area contributed by atoms with Gasteiger partial charge >= 0.3 is 6.18 Å². The van der Waals surface area contributed by atoms with Crippen molar-refractivity contribution >= 4 is 34.2 Å². The largest absolute Gasteiger partial charge is 0.391 e. The molecule has 2 nitrogen and oxygen atoms in total. The SMILES string of the molecule is O=C(Nc1ccc(I)cc1)C1CCCC(C(F)(F)F)C1. The first-order valence-corrected chi connectivity index (χ1v) is 7.57. The first-order chi connectivity index (χ1) is 9.36. The van der Waals surface area contributed by atoms with Crippen molar-refractivity contribution in [3.63, 3.8) is 0 Å². The number of rotatable bonds is 2. The fraction of sp³-hybridized carbons (Fsp3) is 0.500. The Morgan fingerprint density at radius 1 is 1.20 bits per heavy atom. The third-order valence-corrected chi connectivity index (χ3v) is 4.34. The highest BCUT2D eigenvalue weighted by Crippen LogP contribution is 2.40. The van der Waals surface area contributed by atoms with E-state index < -0.39 is 18.0 Å². The lowest BCUT2D eigenvalue weighted by Crippen LogP contribution is -2.34. The molecule has 0 bridgehead atoms. The molecule has 2 rings (SSSR count). The molecule has 1 amide bonds. The molecule has 20 heavy (non-hydrogen) atoms. The number of nitrogens with one attached hydrogen (secondary N) is 1. The average Bonchev–Trinajstić information content (AvgIpc) is 2.40. The molecule has 0 radical (unpaired) electrons. The fourth-order valence-corrected chi connectivity index (χ4v) is 2.86. The van der Waals surface area contributed by atoms with Gasteiger partial charge in [-0.3, -0.25) is 4.79 Å². The van der Waals surface area contributed by atoms with Gasteiger partial charge in [-0.2, -0.15) is 13.2 Å². The van der Waals surface area contributed by atoms with Gasteiger partial charge in [0, 0.05) is 15.2 Å². The Kier molecular flexibility index (Phi) is 4.93. The predicted molar refractivity (Wildman–Crippen MR) is 79.3 cm³/mol. The number of carbonyl (C=O) groups is 1. The minimum absolute atomic E-state index is 0.0975. The minimum Gasteiger partial charge on any atom is -0.326 e. The molecular formula is C14H15F3INO. The molecule has 0 aromatic heterocycles. The van der Waals surface area contributed by atoms with E-state index in [1.54, 1.807) is 12.1 Å². The fourth-order valence-electron chi connectivity index (χ4n) is 2.50. The lowest BCUT2D eigenvalue weighted by molar-refractivity contribution is -0.185. The summed E-state index contributed by atoms with van der Waals surface area (Å²) in [4.78, 5) is 12.0. The van der Waals surface area contributed by atoms with Crippen LogP contribution >= 0.6 is 22.6 Å². The summed E-state index contributed by atoms with van der Waals surface area (Å²) in [7, 11) is 0. The highest BCUT2D eigenvalue weighted by atomic mass is 127. The first kappa shape index (κ1) is 15.6. The van der Waals surface area contributed by atoms with Crippen LogP contribution in [0.15, 0.2) is 24.3 Å². The van der Waals surface area contributed by atoms with E-state index in [0.717, 1.165) is 3.57 Å². The summed E-state index contributed by atoms with van der Waals surface area (Å²) in [6.45, 7) is 0. The zero-order chi connectivity index (χ0) is 14.8. The minimum atomic E-state index is -4.19. The van der Waals surface area contributed by atoms with Gasteiger partial charge in [-0.25, -0.2) is 0 Å².